The van der Waals surface area contributed by atoms with Gasteiger partial charge in [-0.3, -0.25) is 9.47 Å². The Labute approximate surface area is 231 Å². The predicted octanol–water partition coefficient (Wildman–Crippen LogP) is 4.94. The normalized spacial score (nSPS) is 14.3. The molecule has 4 aromatic rings. The first-order valence-electron chi connectivity index (χ1n) is 12.8. The van der Waals surface area contributed by atoms with Crippen LogP contribution in [0.2, 0.25) is 5.02 Å². The second kappa shape index (κ2) is 10.7. The molecule has 1 N–H and O–H groups in total. The number of hydrogen-bond donors (Lipinski definition) is 1. The van der Waals surface area contributed by atoms with Crippen LogP contribution in [0.25, 0.3) is 27.9 Å². The van der Waals surface area contributed by atoms with Gasteiger partial charge in [0.15, 0.2) is 0 Å². The highest BCUT2D eigenvalue weighted by atomic mass is 35.5. The van der Waals surface area contributed by atoms with E-state index in [4.69, 9.17) is 16.3 Å². The molecule has 0 radical (unpaired) electrons. The van der Waals surface area contributed by atoms with Gasteiger partial charge in [-0.05, 0) is 55.3 Å². The maximum atomic E-state index is 15.0. The fourth-order valence-electron chi connectivity index (χ4n) is 4.94. The van der Waals surface area contributed by atoms with E-state index in [1.807, 2.05) is 6.07 Å². The van der Waals surface area contributed by atoms with Crippen LogP contribution >= 0.6 is 11.6 Å². The summed E-state index contributed by atoms with van der Waals surface area (Å²) >= 11 is 6.54. The van der Waals surface area contributed by atoms with Crippen molar-refractivity contribution < 1.29 is 14.2 Å². The Morgan fingerprint density at radius 1 is 1.00 bits per heavy atom. The minimum atomic E-state index is -0.514. The molecule has 3 heterocycles. The molecule has 39 heavy (non-hydrogen) atoms. The summed E-state index contributed by atoms with van der Waals surface area (Å²) < 4.78 is 23.3. The number of aromatic nitrogens is 3. The summed E-state index contributed by atoms with van der Waals surface area (Å²) in [6.45, 7) is 7.79. The average molecular weight is 552 g/mol. The molecule has 1 fully saturated rings. The molecule has 0 spiro atoms. The topological polar surface area (TPSA) is 75.8 Å². The number of piperazine rings is 1. The van der Waals surface area contributed by atoms with Gasteiger partial charge >= 0.3 is 5.69 Å². The monoisotopic (exact) mass is 551 g/mol. The van der Waals surface area contributed by atoms with Crippen LogP contribution < -0.4 is 15.3 Å². The van der Waals surface area contributed by atoms with Crippen LogP contribution in [0.4, 0.5) is 10.2 Å². The first-order valence-corrected chi connectivity index (χ1v) is 13.2. The van der Waals surface area contributed by atoms with E-state index in [0.29, 0.717) is 45.1 Å². The van der Waals surface area contributed by atoms with Gasteiger partial charge in [0, 0.05) is 68.9 Å². The van der Waals surface area contributed by atoms with Crippen LogP contribution in [0.1, 0.15) is 13.8 Å². The highest BCUT2D eigenvalue weighted by Gasteiger charge is 2.22. The van der Waals surface area contributed by atoms with Crippen LogP contribution in [-0.2, 0) is 7.05 Å². The molecule has 0 bridgehead atoms. The molecule has 0 unspecified atom stereocenters. The Kier molecular flexibility index (Phi) is 7.38. The third-order valence-corrected chi connectivity index (χ3v) is 7.52. The van der Waals surface area contributed by atoms with E-state index in [0.717, 1.165) is 26.2 Å². The van der Waals surface area contributed by atoms with Gasteiger partial charge in [0.2, 0.25) is 5.88 Å². The summed E-state index contributed by atoms with van der Waals surface area (Å²) in [5.41, 5.74) is 1.93. The molecule has 204 valence electrons. The molecule has 1 aliphatic heterocycles. The predicted molar refractivity (Wildman–Crippen MR) is 152 cm³/mol. The van der Waals surface area contributed by atoms with Gasteiger partial charge in [-0.25, -0.2) is 9.18 Å². The first kappa shape index (κ1) is 26.8. The minimum absolute atomic E-state index is 0.0964. The maximum Gasteiger partial charge on any atom is 0.332 e. The van der Waals surface area contributed by atoms with E-state index in [9.17, 15) is 14.3 Å². The molecular formula is C29H31ClFN5O3. The number of phenolic OH excluding ortho intramolecular Hbond substituents is 1. The second-order valence-electron chi connectivity index (χ2n) is 9.95. The zero-order valence-corrected chi connectivity index (χ0v) is 23.1. The number of methoxy groups -OCH3 is 1. The summed E-state index contributed by atoms with van der Waals surface area (Å²) in [6.07, 6.45) is 3.26. The van der Waals surface area contributed by atoms with E-state index in [1.54, 1.807) is 43.7 Å². The number of phenols is 1. The largest absolute Gasteiger partial charge is 0.507 e. The SMILES string of the molecule is COc1cc(-c2cc(F)cc(-c3ccc(-n4ccn(C)c4=O)c(Cl)c3)c2O)cc(N2CCN(C(C)C)CC2)n1. The van der Waals surface area contributed by atoms with Gasteiger partial charge in [0.1, 0.15) is 17.4 Å². The molecule has 0 aliphatic carbocycles. The van der Waals surface area contributed by atoms with Gasteiger partial charge in [-0.1, -0.05) is 17.7 Å². The minimum Gasteiger partial charge on any atom is -0.507 e. The molecule has 1 aliphatic rings. The van der Waals surface area contributed by atoms with Gasteiger partial charge in [-0.2, -0.15) is 4.98 Å². The van der Waals surface area contributed by atoms with Crippen molar-refractivity contribution in [1.82, 2.24) is 19.0 Å². The third kappa shape index (κ3) is 5.24. The molecule has 1 saturated heterocycles. The third-order valence-electron chi connectivity index (χ3n) is 7.22. The van der Waals surface area contributed by atoms with Gasteiger partial charge in [0.05, 0.1) is 17.8 Å². The van der Waals surface area contributed by atoms with Crippen molar-refractivity contribution in [3.8, 4) is 39.6 Å². The van der Waals surface area contributed by atoms with E-state index in [1.165, 1.54) is 28.4 Å². The van der Waals surface area contributed by atoms with E-state index in [2.05, 4.69) is 28.6 Å². The first-order chi connectivity index (χ1) is 18.7. The number of halogens is 2. The number of anilines is 1. The second-order valence-corrected chi connectivity index (χ2v) is 10.4. The van der Waals surface area contributed by atoms with E-state index in [-0.39, 0.29) is 17.0 Å². The molecule has 10 heteroatoms. The summed E-state index contributed by atoms with van der Waals surface area (Å²) in [4.78, 5) is 21.6. The van der Waals surface area contributed by atoms with E-state index < -0.39 is 5.82 Å². The number of rotatable bonds is 6. The zero-order valence-electron chi connectivity index (χ0n) is 22.4. The summed E-state index contributed by atoms with van der Waals surface area (Å²) in [7, 11) is 3.18. The van der Waals surface area contributed by atoms with Crippen LogP contribution in [0.5, 0.6) is 11.6 Å². The van der Waals surface area contributed by atoms with Crippen LogP contribution in [0.3, 0.4) is 0 Å². The number of aryl methyl sites for hydroxylation is 1. The number of pyridine rings is 1. The fraction of sp³-hybridized carbons (Fsp3) is 0.310. The van der Waals surface area contributed by atoms with Gasteiger partial charge in [0.25, 0.3) is 0 Å². The quantitative estimate of drug-likeness (QED) is 0.366. The molecule has 8 nitrogen and oxygen atoms in total. The van der Waals surface area contributed by atoms with Crippen molar-refractivity contribution in [2.45, 2.75) is 19.9 Å². The maximum absolute atomic E-state index is 15.0. The number of ether oxygens (including phenoxy) is 1. The number of aromatic hydroxyl groups is 1. The highest BCUT2D eigenvalue weighted by molar-refractivity contribution is 6.32. The number of nitrogens with zero attached hydrogens (tertiary/aromatic N) is 5. The van der Waals surface area contributed by atoms with Crippen molar-refractivity contribution in [1.29, 1.82) is 0 Å². The number of imidazole rings is 1. The lowest BCUT2D eigenvalue weighted by Crippen LogP contribution is -2.49. The summed E-state index contributed by atoms with van der Waals surface area (Å²) in [5.74, 6) is 0.472. The fourth-order valence-corrected chi connectivity index (χ4v) is 5.21. The van der Waals surface area contributed by atoms with Crippen molar-refractivity contribution >= 4 is 17.4 Å². The van der Waals surface area contributed by atoms with Crippen molar-refractivity contribution in [3.63, 3.8) is 0 Å². The smallest absolute Gasteiger partial charge is 0.332 e. The van der Waals surface area contributed by atoms with Crippen LogP contribution in [-0.4, -0.2) is 63.5 Å². The molecule has 0 amide bonds. The standard InChI is InChI=1S/C29H31ClFN5O3/c1-18(2)34-8-10-35(11-9-34)26-14-20(15-27(32-26)39-4)23-17-21(31)16-22(28(23)37)19-5-6-25(24(30)13-19)36-12-7-33(3)29(36)38/h5-7,12-18,37H,8-11H2,1-4H3. The lowest BCUT2D eigenvalue weighted by molar-refractivity contribution is 0.209. The average Bonchev–Trinajstić information content (AvgIpc) is 3.26. The highest BCUT2D eigenvalue weighted by Crippen LogP contribution is 2.41. The van der Waals surface area contributed by atoms with Gasteiger partial charge in [-0.15, -0.1) is 0 Å². The Morgan fingerprint density at radius 2 is 1.69 bits per heavy atom. The summed E-state index contributed by atoms with van der Waals surface area (Å²) in [6, 6.07) is 11.6. The molecule has 2 aromatic heterocycles. The van der Waals surface area contributed by atoms with Crippen molar-refractivity contribution in [2.75, 3.05) is 38.2 Å². The lowest BCUT2D eigenvalue weighted by atomic mass is 9.97. The van der Waals surface area contributed by atoms with Crippen LogP contribution in [0.15, 0.2) is 59.7 Å². The molecule has 0 atom stereocenters. The molecule has 5 rings (SSSR count). The summed E-state index contributed by atoms with van der Waals surface area (Å²) in [5, 5.41) is 11.6. The van der Waals surface area contributed by atoms with E-state index >= 15 is 0 Å². The Bertz CT molecular complexity index is 1570. The van der Waals surface area contributed by atoms with Crippen molar-refractivity contribution in [3.05, 3.63) is 76.2 Å². The van der Waals surface area contributed by atoms with Gasteiger partial charge < -0.3 is 19.3 Å². The molecule has 2 aromatic carbocycles. The van der Waals surface area contributed by atoms with Crippen molar-refractivity contribution in [2.24, 2.45) is 7.05 Å². The molecule has 0 saturated carbocycles. The molecular weight excluding hydrogens is 521 g/mol. The lowest BCUT2D eigenvalue weighted by Gasteiger charge is -2.37. The zero-order chi connectivity index (χ0) is 27.8. The Balaban J connectivity index is 1.53. The number of benzene rings is 2. The Morgan fingerprint density at radius 3 is 2.28 bits per heavy atom. The van der Waals surface area contributed by atoms with Crippen LogP contribution in [0, 0.1) is 5.82 Å². The Hall–Kier alpha value is -3.82. The number of hydrogen-bond acceptors (Lipinski definition) is 6.